The lowest BCUT2D eigenvalue weighted by molar-refractivity contribution is -0.939. The highest BCUT2D eigenvalue weighted by atomic mass is 19.4. The fourth-order valence-corrected chi connectivity index (χ4v) is 5.00. The third-order valence-electron chi connectivity index (χ3n) is 7.12. The monoisotopic (exact) mass is 531 g/mol. The van der Waals surface area contributed by atoms with Gasteiger partial charge in [-0.15, -0.1) is 0 Å². The molecule has 1 atom stereocenters. The van der Waals surface area contributed by atoms with Crippen molar-refractivity contribution < 1.29 is 42.2 Å². The Hall–Kier alpha value is -3.35. The minimum Gasteiger partial charge on any atom is -0.542 e. The number of aliphatic carboxylic acids is 1. The summed E-state index contributed by atoms with van der Waals surface area (Å²) in [6.45, 7) is 5.95. The first-order chi connectivity index (χ1) is 18.0. The molecule has 0 unspecified atom stereocenters. The van der Waals surface area contributed by atoms with Gasteiger partial charge in [-0.1, -0.05) is 73.5 Å². The first-order valence-corrected chi connectivity index (χ1v) is 12.7. The molecule has 3 heterocycles. The molecule has 0 spiro atoms. The first-order valence-electron chi connectivity index (χ1n) is 12.7. The van der Waals surface area contributed by atoms with E-state index < -0.39 is 23.7 Å². The van der Waals surface area contributed by atoms with Crippen molar-refractivity contribution in [3.05, 3.63) is 71.8 Å². The number of hydrogen-bond donors (Lipinski definition) is 1. The Labute approximate surface area is 220 Å². The maximum Gasteiger partial charge on any atom is 0.430 e. The van der Waals surface area contributed by atoms with Crippen molar-refractivity contribution in [2.45, 2.75) is 50.5 Å². The smallest absolute Gasteiger partial charge is 0.430 e. The SMILES string of the molecule is CCCC#CC[N+]12CCC(CC1)[C@@H](OC(=O)C(O)(c1ccccc1)c1ccccc1)C2.O=C([O-])C(F)(F)F. The van der Waals surface area contributed by atoms with E-state index in [2.05, 4.69) is 18.8 Å². The largest absolute Gasteiger partial charge is 0.542 e. The number of carbonyl (C=O) groups excluding carboxylic acids is 2. The van der Waals surface area contributed by atoms with Gasteiger partial charge in [-0.2, -0.15) is 13.2 Å². The summed E-state index contributed by atoms with van der Waals surface area (Å²) in [6.07, 6.45) is -1.28. The number of hydrogen-bond acceptors (Lipinski definition) is 5. The van der Waals surface area contributed by atoms with E-state index in [1.54, 1.807) is 24.3 Å². The second-order valence-corrected chi connectivity index (χ2v) is 9.74. The zero-order chi connectivity index (χ0) is 27.8. The number of carboxylic acids is 1. The van der Waals surface area contributed by atoms with Gasteiger partial charge in [0, 0.05) is 25.2 Å². The lowest BCUT2D eigenvalue weighted by atomic mass is 9.82. The van der Waals surface area contributed by atoms with Crippen molar-refractivity contribution in [3.8, 4) is 11.8 Å². The summed E-state index contributed by atoms with van der Waals surface area (Å²) in [5.74, 6) is 3.40. The van der Waals surface area contributed by atoms with Gasteiger partial charge < -0.3 is 24.2 Å². The minimum absolute atomic E-state index is 0.179. The third kappa shape index (κ3) is 6.94. The number of fused-ring (bicyclic) bond motifs is 3. The fraction of sp³-hybridized carbons (Fsp3) is 0.448. The molecule has 3 fully saturated rings. The average Bonchev–Trinajstić information content (AvgIpc) is 2.92. The molecule has 5 rings (SSSR count). The fourth-order valence-electron chi connectivity index (χ4n) is 5.00. The van der Waals surface area contributed by atoms with E-state index >= 15 is 0 Å². The maximum atomic E-state index is 13.5. The van der Waals surface area contributed by atoms with Crippen LogP contribution in [0.1, 0.15) is 43.7 Å². The molecule has 2 aromatic carbocycles. The Morgan fingerprint density at radius 2 is 1.50 bits per heavy atom. The number of quaternary nitrogens is 1. The molecule has 6 nitrogen and oxygen atoms in total. The van der Waals surface area contributed by atoms with Gasteiger partial charge in [0.1, 0.15) is 19.1 Å². The van der Waals surface area contributed by atoms with Gasteiger partial charge in [-0.25, -0.2) is 4.79 Å². The number of esters is 1. The summed E-state index contributed by atoms with van der Waals surface area (Å²) in [6, 6.07) is 18.2. The molecule has 0 amide bonds. The molecule has 204 valence electrons. The molecule has 9 heteroatoms. The van der Waals surface area contributed by atoms with E-state index in [1.807, 2.05) is 36.4 Å². The van der Waals surface area contributed by atoms with Crippen LogP contribution < -0.4 is 5.11 Å². The van der Waals surface area contributed by atoms with Crippen LogP contribution >= 0.6 is 0 Å². The lowest BCUT2D eigenvalue weighted by Gasteiger charge is -2.51. The van der Waals surface area contributed by atoms with Crippen LogP contribution in [0.15, 0.2) is 60.7 Å². The minimum atomic E-state index is -5.19. The Balaban J connectivity index is 0.000000505. The van der Waals surface area contributed by atoms with Crippen LogP contribution in [0.2, 0.25) is 0 Å². The van der Waals surface area contributed by atoms with E-state index in [-0.39, 0.29) is 6.10 Å². The van der Waals surface area contributed by atoms with E-state index in [4.69, 9.17) is 14.6 Å². The number of halogens is 3. The van der Waals surface area contributed by atoms with Crippen LogP contribution in [0, 0.1) is 17.8 Å². The summed E-state index contributed by atoms with van der Waals surface area (Å²) >= 11 is 0. The molecule has 2 bridgehead atoms. The number of rotatable bonds is 6. The molecular weight excluding hydrogens is 499 g/mol. The number of alkyl halides is 3. The normalized spacial score (nSPS) is 22.3. The van der Waals surface area contributed by atoms with Crippen molar-refractivity contribution in [3.63, 3.8) is 0 Å². The lowest BCUT2D eigenvalue weighted by Crippen LogP contribution is -2.65. The van der Waals surface area contributed by atoms with Crippen LogP contribution in [0.5, 0.6) is 0 Å². The number of piperidine rings is 3. The van der Waals surface area contributed by atoms with E-state index in [1.165, 1.54) is 0 Å². The molecule has 3 saturated heterocycles. The van der Waals surface area contributed by atoms with Crippen LogP contribution in [0.25, 0.3) is 0 Å². The second-order valence-electron chi connectivity index (χ2n) is 9.74. The summed E-state index contributed by atoms with van der Waals surface area (Å²) in [5, 5.41) is 20.5. The van der Waals surface area contributed by atoms with Gasteiger partial charge in [0.25, 0.3) is 0 Å². The molecule has 0 saturated carbocycles. The van der Waals surface area contributed by atoms with Crippen molar-refractivity contribution in [1.29, 1.82) is 0 Å². The molecular formula is C29H32F3NO5. The van der Waals surface area contributed by atoms with Gasteiger partial charge in [0.2, 0.25) is 5.60 Å². The molecule has 0 aliphatic carbocycles. The van der Waals surface area contributed by atoms with Crippen LogP contribution in [0.4, 0.5) is 13.2 Å². The summed E-state index contributed by atoms with van der Waals surface area (Å²) in [5.41, 5.74) is -0.760. The number of carboxylic acid groups (broad SMARTS) is 1. The maximum absolute atomic E-state index is 13.5. The highest BCUT2D eigenvalue weighted by molar-refractivity contribution is 5.85. The summed E-state index contributed by atoms with van der Waals surface area (Å²) in [4.78, 5) is 22.3. The van der Waals surface area contributed by atoms with Gasteiger partial charge >= 0.3 is 12.1 Å². The van der Waals surface area contributed by atoms with E-state index in [0.717, 1.165) is 56.3 Å². The molecule has 0 radical (unpaired) electrons. The van der Waals surface area contributed by atoms with Gasteiger partial charge in [0.05, 0.1) is 13.1 Å². The number of aliphatic hydroxyl groups is 1. The zero-order valence-corrected chi connectivity index (χ0v) is 21.2. The van der Waals surface area contributed by atoms with Crippen LogP contribution in [0.3, 0.4) is 0 Å². The molecule has 3 aliphatic heterocycles. The average molecular weight is 532 g/mol. The Bertz CT molecular complexity index is 1090. The number of unbranched alkanes of at least 4 members (excludes halogenated alkanes) is 1. The predicted octanol–water partition coefficient (Wildman–Crippen LogP) is 3.18. The highest BCUT2D eigenvalue weighted by Crippen LogP contribution is 2.38. The highest BCUT2D eigenvalue weighted by Gasteiger charge is 2.50. The van der Waals surface area contributed by atoms with Crippen molar-refractivity contribution in [1.82, 2.24) is 0 Å². The van der Waals surface area contributed by atoms with Crippen LogP contribution in [-0.2, 0) is 19.9 Å². The topological polar surface area (TPSA) is 86.7 Å². The number of ether oxygens (including phenoxy) is 1. The third-order valence-corrected chi connectivity index (χ3v) is 7.12. The van der Waals surface area contributed by atoms with Crippen LogP contribution in [-0.4, -0.2) is 60.0 Å². The van der Waals surface area contributed by atoms with Crippen molar-refractivity contribution >= 4 is 11.9 Å². The van der Waals surface area contributed by atoms with Gasteiger partial charge in [-0.3, -0.25) is 0 Å². The van der Waals surface area contributed by atoms with E-state index in [9.17, 15) is 23.1 Å². The van der Waals surface area contributed by atoms with Gasteiger partial charge in [0.15, 0.2) is 6.10 Å². The molecule has 1 N–H and O–H groups in total. The molecule has 2 aromatic rings. The standard InChI is InChI=1S/C27H32NO3.C2HF3O2/c1-2-3-4-11-18-28-19-16-22(17-20-28)25(21-28)31-26(29)27(30,23-12-7-5-8-13-23)24-14-9-6-10-15-24;3-2(4,5)1(6)7/h5-10,12-15,22,25,30H,2-3,16-21H2,1H3;(H,6,7)/q+1;/p-1/t22?,25-,28?;/m0./s1. The quantitative estimate of drug-likeness (QED) is 0.352. The molecule has 38 heavy (non-hydrogen) atoms. The molecule has 3 aliphatic rings. The van der Waals surface area contributed by atoms with Crippen molar-refractivity contribution in [2.75, 3.05) is 26.2 Å². The summed E-state index contributed by atoms with van der Waals surface area (Å²) in [7, 11) is 0. The van der Waals surface area contributed by atoms with Crippen molar-refractivity contribution in [2.24, 2.45) is 5.92 Å². The number of benzene rings is 2. The Kier molecular flexibility index (Phi) is 9.58. The Morgan fingerprint density at radius 3 is 1.95 bits per heavy atom. The number of carbonyl (C=O) groups is 2. The summed E-state index contributed by atoms with van der Waals surface area (Å²) < 4.78 is 38.6. The molecule has 0 aromatic heterocycles. The second kappa shape index (κ2) is 12.5. The Morgan fingerprint density at radius 1 is 1.00 bits per heavy atom. The van der Waals surface area contributed by atoms with E-state index in [0.29, 0.717) is 17.0 Å². The van der Waals surface area contributed by atoms with Gasteiger partial charge in [-0.05, 0) is 23.5 Å². The number of nitrogens with zero attached hydrogens (tertiary/aromatic N) is 1. The first kappa shape index (κ1) is 29.2. The zero-order valence-electron chi connectivity index (χ0n) is 21.2. The predicted molar refractivity (Wildman–Crippen MR) is 132 cm³/mol.